The van der Waals surface area contributed by atoms with Gasteiger partial charge in [-0.15, -0.1) is 0 Å². The third-order valence-corrected chi connectivity index (χ3v) is 1.41. The lowest BCUT2D eigenvalue weighted by Crippen LogP contribution is -1.88. The van der Waals surface area contributed by atoms with Crippen LogP contribution in [0.2, 0.25) is 0 Å². The van der Waals surface area contributed by atoms with Crippen LogP contribution in [0.15, 0.2) is 18.2 Å². The zero-order valence-electron chi connectivity index (χ0n) is 6.85. The lowest BCUT2D eigenvalue weighted by atomic mass is 10.2. The van der Waals surface area contributed by atoms with Crippen molar-refractivity contribution in [3.05, 3.63) is 35.4 Å². The number of rotatable bonds is 1. The molecule has 0 aliphatic heterocycles. The molecular formula is C10H8F2O. The molecule has 0 fully saturated rings. The molecular weight excluding hydrogens is 174 g/mol. The van der Waals surface area contributed by atoms with E-state index in [1.807, 2.05) is 0 Å². The lowest BCUT2D eigenvalue weighted by molar-refractivity contribution is 0.305. The van der Waals surface area contributed by atoms with Crippen LogP contribution >= 0.6 is 0 Å². The first-order chi connectivity index (χ1) is 6.25. The van der Waals surface area contributed by atoms with E-state index in [0.29, 0.717) is 0 Å². The topological polar surface area (TPSA) is 20.2 Å². The molecule has 1 aromatic carbocycles. The van der Waals surface area contributed by atoms with E-state index in [2.05, 4.69) is 11.8 Å². The van der Waals surface area contributed by atoms with Gasteiger partial charge in [-0.1, -0.05) is 17.9 Å². The number of hydrogen-bond acceptors (Lipinski definition) is 1. The summed E-state index contributed by atoms with van der Waals surface area (Å²) in [6.07, 6.45) is 0.260. The van der Waals surface area contributed by atoms with Crippen LogP contribution in [0.5, 0.6) is 0 Å². The van der Waals surface area contributed by atoms with Crippen LogP contribution in [0.3, 0.4) is 0 Å². The third-order valence-electron chi connectivity index (χ3n) is 1.41. The van der Waals surface area contributed by atoms with Crippen LogP contribution in [-0.4, -0.2) is 11.7 Å². The summed E-state index contributed by atoms with van der Waals surface area (Å²) in [6, 6.07) is 3.82. The summed E-state index contributed by atoms with van der Waals surface area (Å²) in [5.41, 5.74) is 0.0217. The number of hydrogen-bond donors (Lipinski definition) is 1. The standard InChI is InChI=1S/C10H8F2O/c11-9-6-3-5-8(10(9)12)4-1-2-7-13/h3,5-6,13H,2,7H2. The Labute approximate surface area is 75.0 Å². The summed E-state index contributed by atoms with van der Waals surface area (Å²) >= 11 is 0. The minimum atomic E-state index is -0.937. The monoisotopic (exact) mass is 182 g/mol. The Morgan fingerprint density at radius 2 is 2.08 bits per heavy atom. The highest BCUT2D eigenvalue weighted by molar-refractivity contribution is 5.35. The van der Waals surface area contributed by atoms with Gasteiger partial charge >= 0.3 is 0 Å². The average molecular weight is 182 g/mol. The molecule has 0 radical (unpaired) electrons. The molecule has 0 bridgehead atoms. The van der Waals surface area contributed by atoms with Gasteiger partial charge in [0, 0.05) is 6.42 Å². The van der Waals surface area contributed by atoms with E-state index in [0.717, 1.165) is 6.07 Å². The molecule has 1 rings (SSSR count). The second-order valence-electron chi connectivity index (χ2n) is 2.38. The van der Waals surface area contributed by atoms with Crippen molar-refractivity contribution in [1.29, 1.82) is 0 Å². The van der Waals surface area contributed by atoms with Gasteiger partial charge in [-0.05, 0) is 12.1 Å². The summed E-state index contributed by atoms with van der Waals surface area (Å²) in [5.74, 6) is 3.10. The average Bonchev–Trinajstić information content (AvgIpc) is 2.13. The van der Waals surface area contributed by atoms with Gasteiger partial charge in [0.25, 0.3) is 0 Å². The van der Waals surface area contributed by atoms with Crippen molar-refractivity contribution >= 4 is 0 Å². The molecule has 0 amide bonds. The second kappa shape index (κ2) is 4.58. The van der Waals surface area contributed by atoms with Crippen LogP contribution in [-0.2, 0) is 0 Å². The molecule has 0 heterocycles. The molecule has 0 saturated carbocycles. The summed E-state index contributed by atoms with van der Waals surface area (Å²) < 4.78 is 25.5. The van der Waals surface area contributed by atoms with Gasteiger partial charge in [0.05, 0.1) is 12.2 Å². The van der Waals surface area contributed by atoms with Crippen LogP contribution in [0.4, 0.5) is 8.78 Å². The van der Waals surface area contributed by atoms with Gasteiger partial charge in [-0.25, -0.2) is 8.78 Å². The first kappa shape index (κ1) is 9.69. The normalized spacial score (nSPS) is 9.15. The van der Waals surface area contributed by atoms with E-state index in [1.54, 1.807) is 0 Å². The first-order valence-electron chi connectivity index (χ1n) is 3.79. The van der Waals surface area contributed by atoms with Crippen molar-refractivity contribution in [2.75, 3.05) is 6.61 Å². The molecule has 1 N–H and O–H groups in total. The van der Waals surface area contributed by atoms with Crippen LogP contribution in [0, 0.1) is 23.5 Å². The molecule has 13 heavy (non-hydrogen) atoms. The summed E-state index contributed by atoms with van der Waals surface area (Å²) in [5, 5.41) is 8.40. The molecule has 1 aromatic rings. The zero-order valence-corrected chi connectivity index (χ0v) is 6.85. The minimum Gasteiger partial charge on any atom is -0.395 e. The van der Waals surface area contributed by atoms with Crippen molar-refractivity contribution in [3.63, 3.8) is 0 Å². The molecule has 1 nitrogen and oxygen atoms in total. The van der Waals surface area contributed by atoms with E-state index < -0.39 is 11.6 Å². The molecule has 0 aromatic heterocycles. The minimum absolute atomic E-state index is 0.0217. The Balaban J connectivity index is 2.91. The Morgan fingerprint density at radius 3 is 2.77 bits per heavy atom. The number of halogens is 2. The van der Waals surface area contributed by atoms with Gasteiger partial charge in [0.2, 0.25) is 0 Å². The van der Waals surface area contributed by atoms with Crippen molar-refractivity contribution in [3.8, 4) is 11.8 Å². The highest BCUT2D eigenvalue weighted by Crippen LogP contribution is 2.09. The third kappa shape index (κ3) is 2.53. The Kier molecular flexibility index (Phi) is 3.41. The molecule has 0 saturated heterocycles. The fourth-order valence-corrected chi connectivity index (χ4v) is 0.814. The molecule has 0 aliphatic carbocycles. The zero-order chi connectivity index (χ0) is 9.68. The maximum Gasteiger partial charge on any atom is 0.174 e. The number of aliphatic hydroxyl groups is 1. The Hall–Kier alpha value is -1.40. The smallest absolute Gasteiger partial charge is 0.174 e. The number of benzene rings is 1. The molecule has 0 aliphatic rings. The predicted molar refractivity (Wildman–Crippen MR) is 44.9 cm³/mol. The maximum atomic E-state index is 12.9. The molecule has 3 heteroatoms. The summed E-state index contributed by atoms with van der Waals surface area (Å²) in [4.78, 5) is 0. The van der Waals surface area contributed by atoms with Gasteiger partial charge in [-0.3, -0.25) is 0 Å². The van der Waals surface area contributed by atoms with Crippen molar-refractivity contribution in [2.24, 2.45) is 0 Å². The Morgan fingerprint density at radius 1 is 1.31 bits per heavy atom. The number of aliphatic hydroxyl groups excluding tert-OH is 1. The lowest BCUT2D eigenvalue weighted by Gasteiger charge is -1.93. The SMILES string of the molecule is OCCC#Cc1cccc(F)c1F. The fraction of sp³-hybridized carbons (Fsp3) is 0.200. The van der Waals surface area contributed by atoms with Crippen LogP contribution in [0.25, 0.3) is 0 Å². The molecule has 68 valence electrons. The quantitative estimate of drug-likeness (QED) is 0.655. The van der Waals surface area contributed by atoms with Gasteiger partial charge in [-0.2, -0.15) is 0 Å². The Bertz CT molecular complexity index is 350. The molecule has 0 unspecified atom stereocenters. The van der Waals surface area contributed by atoms with E-state index in [9.17, 15) is 8.78 Å². The van der Waals surface area contributed by atoms with E-state index >= 15 is 0 Å². The molecule has 0 spiro atoms. The second-order valence-corrected chi connectivity index (χ2v) is 2.38. The van der Waals surface area contributed by atoms with Crippen LogP contribution in [0.1, 0.15) is 12.0 Å². The van der Waals surface area contributed by atoms with E-state index in [4.69, 9.17) is 5.11 Å². The van der Waals surface area contributed by atoms with E-state index in [-0.39, 0.29) is 18.6 Å². The van der Waals surface area contributed by atoms with Gasteiger partial charge < -0.3 is 5.11 Å². The largest absolute Gasteiger partial charge is 0.395 e. The van der Waals surface area contributed by atoms with Crippen molar-refractivity contribution < 1.29 is 13.9 Å². The first-order valence-corrected chi connectivity index (χ1v) is 3.79. The maximum absolute atomic E-state index is 12.9. The van der Waals surface area contributed by atoms with Gasteiger partial charge in [0.1, 0.15) is 0 Å². The van der Waals surface area contributed by atoms with E-state index in [1.165, 1.54) is 12.1 Å². The molecule has 0 atom stereocenters. The van der Waals surface area contributed by atoms with Crippen molar-refractivity contribution in [1.82, 2.24) is 0 Å². The van der Waals surface area contributed by atoms with Gasteiger partial charge in [0.15, 0.2) is 11.6 Å². The summed E-state index contributed by atoms with van der Waals surface area (Å²) in [7, 11) is 0. The highest BCUT2D eigenvalue weighted by atomic mass is 19.2. The predicted octanol–water partition coefficient (Wildman–Crippen LogP) is 1.70. The summed E-state index contributed by atoms with van der Waals surface area (Å²) in [6.45, 7) is -0.0794. The fourth-order valence-electron chi connectivity index (χ4n) is 0.814. The van der Waals surface area contributed by atoms with Crippen LogP contribution < -0.4 is 0 Å². The van der Waals surface area contributed by atoms with Crippen molar-refractivity contribution in [2.45, 2.75) is 6.42 Å². The highest BCUT2D eigenvalue weighted by Gasteiger charge is 2.03.